The van der Waals surface area contributed by atoms with Crippen LogP contribution in [0.5, 0.6) is 0 Å². The Balaban J connectivity index is 1.96. The van der Waals surface area contributed by atoms with Gasteiger partial charge >= 0.3 is 0 Å². The second-order valence-electron chi connectivity index (χ2n) is 6.34. The van der Waals surface area contributed by atoms with E-state index in [9.17, 15) is 13.2 Å². The predicted molar refractivity (Wildman–Crippen MR) is 107 cm³/mol. The summed E-state index contributed by atoms with van der Waals surface area (Å²) in [7, 11) is -3.36. The zero-order valence-corrected chi connectivity index (χ0v) is 17.0. The Kier molecular flexibility index (Phi) is 5.51. The molecule has 3 aromatic rings. The van der Waals surface area contributed by atoms with Gasteiger partial charge in [-0.2, -0.15) is 0 Å². The van der Waals surface area contributed by atoms with Gasteiger partial charge in [-0.3, -0.25) is 4.79 Å². The van der Waals surface area contributed by atoms with E-state index in [1.807, 2.05) is 0 Å². The summed E-state index contributed by atoms with van der Waals surface area (Å²) in [5, 5.41) is 4.33. The number of furan rings is 1. The standard InChI is InChI=1S/C19H17Cl2NO4S/c1-11(13-8-7-12(20)9-16(13)21)22-19(23)18-15(10-27(2,24)25)14-5-3-4-6-17(14)26-18/h3-9,11H,10H2,1-2H3,(H,22,23). The number of benzene rings is 2. The summed E-state index contributed by atoms with van der Waals surface area (Å²) < 4.78 is 29.3. The Hall–Kier alpha value is -2.02. The fraction of sp³-hybridized carbons (Fsp3) is 0.211. The molecule has 27 heavy (non-hydrogen) atoms. The summed E-state index contributed by atoms with van der Waals surface area (Å²) in [5.74, 6) is -0.815. The van der Waals surface area contributed by atoms with Crippen LogP contribution >= 0.6 is 23.2 Å². The van der Waals surface area contributed by atoms with E-state index in [1.54, 1.807) is 49.4 Å². The molecule has 1 heterocycles. The number of carbonyl (C=O) groups is 1. The molecule has 3 rings (SSSR count). The molecule has 1 atom stereocenters. The normalized spacial score (nSPS) is 12.9. The maximum atomic E-state index is 12.8. The first-order valence-corrected chi connectivity index (χ1v) is 10.9. The summed E-state index contributed by atoms with van der Waals surface area (Å²) >= 11 is 12.1. The molecular weight excluding hydrogens is 409 g/mol. The second-order valence-corrected chi connectivity index (χ2v) is 9.32. The van der Waals surface area contributed by atoms with Gasteiger partial charge in [-0.05, 0) is 30.7 Å². The molecule has 0 saturated heterocycles. The van der Waals surface area contributed by atoms with E-state index in [-0.39, 0.29) is 11.5 Å². The van der Waals surface area contributed by atoms with Crippen LogP contribution in [0.1, 0.15) is 34.6 Å². The quantitative estimate of drug-likeness (QED) is 0.638. The molecular formula is C19H17Cl2NO4S. The van der Waals surface area contributed by atoms with E-state index in [0.29, 0.717) is 32.1 Å². The summed E-state index contributed by atoms with van der Waals surface area (Å²) in [4.78, 5) is 12.8. The summed E-state index contributed by atoms with van der Waals surface area (Å²) in [6.45, 7) is 1.77. The number of sulfone groups is 1. The average molecular weight is 426 g/mol. The Labute approximate surface area is 167 Å². The highest BCUT2D eigenvalue weighted by atomic mass is 35.5. The second kappa shape index (κ2) is 7.54. The van der Waals surface area contributed by atoms with Gasteiger partial charge in [-0.1, -0.05) is 47.5 Å². The summed E-state index contributed by atoms with van der Waals surface area (Å²) in [6.07, 6.45) is 1.12. The Morgan fingerprint density at radius 3 is 2.56 bits per heavy atom. The molecule has 0 saturated carbocycles. The van der Waals surface area contributed by atoms with Crippen molar-refractivity contribution in [2.24, 2.45) is 0 Å². The molecule has 1 aromatic heterocycles. The van der Waals surface area contributed by atoms with Gasteiger partial charge in [-0.25, -0.2) is 8.42 Å². The Morgan fingerprint density at radius 1 is 1.19 bits per heavy atom. The van der Waals surface area contributed by atoms with Crippen molar-refractivity contribution in [3.05, 3.63) is 69.4 Å². The van der Waals surface area contributed by atoms with Gasteiger partial charge in [0.05, 0.1) is 11.8 Å². The monoisotopic (exact) mass is 425 g/mol. The highest BCUT2D eigenvalue weighted by Gasteiger charge is 2.25. The highest BCUT2D eigenvalue weighted by Crippen LogP contribution is 2.29. The average Bonchev–Trinajstić information content (AvgIpc) is 2.92. The number of rotatable bonds is 5. The number of amides is 1. The fourth-order valence-corrected chi connectivity index (χ4v) is 4.26. The van der Waals surface area contributed by atoms with Crippen molar-refractivity contribution < 1.29 is 17.6 Å². The summed E-state index contributed by atoms with van der Waals surface area (Å²) in [5.41, 5.74) is 1.49. The van der Waals surface area contributed by atoms with Crippen molar-refractivity contribution in [2.45, 2.75) is 18.7 Å². The van der Waals surface area contributed by atoms with Gasteiger partial charge < -0.3 is 9.73 Å². The molecule has 0 radical (unpaired) electrons. The minimum atomic E-state index is -3.36. The van der Waals surface area contributed by atoms with Crippen molar-refractivity contribution in [3.63, 3.8) is 0 Å². The van der Waals surface area contributed by atoms with E-state index in [2.05, 4.69) is 5.32 Å². The molecule has 0 aliphatic rings. The first-order chi connectivity index (χ1) is 12.7. The fourth-order valence-electron chi connectivity index (χ4n) is 2.88. The number of carbonyl (C=O) groups excluding carboxylic acids is 1. The van der Waals surface area contributed by atoms with Crippen molar-refractivity contribution in [1.82, 2.24) is 5.32 Å². The van der Waals surface area contributed by atoms with Gasteiger partial charge in [0.1, 0.15) is 5.58 Å². The van der Waals surface area contributed by atoms with E-state index < -0.39 is 21.8 Å². The van der Waals surface area contributed by atoms with Crippen LogP contribution < -0.4 is 5.32 Å². The van der Waals surface area contributed by atoms with Gasteiger partial charge in [0.25, 0.3) is 5.91 Å². The van der Waals surface area contributed by atoms with Crippen LogP contribution in [0, 0.1) is 0 Å². The van der Waals surface area contributed by atoms with Crippen molar-refractivity contribution in [3.8, 4) is 0 Å². The highest BCUT2D eigenvalue weighted by molar-refractivity contribution is 7.89. The number of fused-ring (bicyclic) bond motifs is 1. The predicted octanol–water partition coefficient (Wildman–Crippen LogP) is 4.78. The van der Waals surface area contributed by atoms with Crippen LogP contribution in [0.15, 0.2) is 46.9 Å². The molecule has 0 fully saturated rings. The largest absolute Gasteiger partial charge is 0.451 e. The topological polar surface area (TPSA) is 76.4 Å². The third kappa shape index (κ3) is 4.46. The number of para-hydroxylation sites is 1. The zero-order chi connectivity index (χ0) is 19.8. The number of hydrogen-bond donors (Lipinski definition) is 1. The lowest BCUT2D eigenvalue weighted by atomic mass is 10.1. The van der Waals surface area contributed by atoms with Crippen LogP contribution in [0.3, 0.4) is 0 Å². The molecule has 0 spiro atoms. The molecule has 8 heteroatoms. The van der Waals surface area contributed by atoms with E-state index in [1.165, 1.54) is 0 Å². The number of hydrogen-bond acceptors (Lipinski definition) is 4. The van der Waals surface area contributed by atoms with Crippen LogP contribution in [0.25, 0.3) is 11.0 Å². The lowest BCUT2D eigenvalue weighted by molar-refractivity contribution is 0.0913. The molecule has 1 amide bonds. The van der Waals surface area contributed by atoms with Gasteiger partial charge in [0.2, 0.25) is 0 Å². The minimum Gasteiger partial charge on any atom is -0.451 e. The Bertz CT molecular complexity index is 1120. The molecule has 142 valence electrons. The van der Waals surface area contributed by atoms with Crippen LogP contribution in [-0.4, -0.2) is 20.6 Å². The molecule has 2 aromatic carbocycles. The minimum absolute atomic E-state index is 0.0152. The van der Waals surface area contributed by atoms with Crippen molar-refractivity contribution >= 4 is 49.9 Å². The molecule has 0 bridgehead atoms. The maximum absolute atomic E-state index is 12.8. The van der Waals surface area contributed by atoms with Gasteiger partial charge in [0.15, 0.2) is 15.6 Å². The number of halogens is 2. The lowest BCUT2D eigenvalue weighted by Gasteiger charge is -2.15. The molecule has 0 aliphatic heterocycles. The molecule has 1 unspecified atom stereocenters. The van der Waals surface area contributed by atoms with E-state index in [0.717, 1.165) is 6.26 Å². The first kappa shape index (κ1) is 19.7. The lowest BCUT2D eigenvalue weighted by Crippen LogP contribution is -2.27. The van der Waals surface area contributed by atoms with Crippen molar-refractivity contribution in [1.29, 1.82) is 0 Å². The Morgan fingerprint density at radius 2 is 1.89 bits per heavy atom. The maximum Gasteiger partial charge on any atom is 0.287 e. The molecule has 0 aliphatic carbocycles. The number of nitrogens with one attached hydrogen (secondary N) is 1. The van der Waals surface area contributed by atoms with Crippen LogP contribution in [0.4, 0.5) is 0 Å². The zero-order valence-electron chi connectivity index (χ0n) is 14.6. The van der Waals surface area contributed by atoms with E-state index in [4.69, 9.17) is 27.6 Å². The molecule has 1 N–H and O–H groups in total. The molecule has 5 nitrogen and oxygen atoms in total. The van der Waals surface area contributed by atoms with Crippen molar-refractivity contribution in [2.75, 3.05) is 6.26 Å². The third-order valence-corrected chi connectivity index (χ3v) is 5.46. The SMILES string of the molecule is CC(NC(=O)c1oc2ccccc2c1CS(C)(=O)=O)c1ccc(Cl)cc1Cl. The smallest absolute Gasteiger partial charge is 0.287 e. The van der Waals surface area contributed by atoms with Gasteiger partial charge in [-0.15, -0.1) is 0 Å². The summed E-state index contributed by atoms with van der Waals surface area (Å²) in [6, 6.07) is 11.5. The van der Waals surface area contributed by atoms with Gasteiger partial charge in [0, 0.05) is 27.3 Å². The van der Waals surface area contributed by atoms with Crippen LogP contribution in [-0.2, 0) is 15.6 Å². The van der Waals surface area contributed by atoms with Crippen LogP contribution in [0.2, 0.25) is 10.0 Å². The van der Waals surface area contributed by atoms with E-state index >= 15 is 0 Å². The third-order valence-electron chi connectivity index (χ3n) is 4.09. The first-order valence-electron chi connectivity index (χ1n) is 8.09.